The summed E-state index contributed by atoms with van der Waals surface area (Å²) in [6.07, 6.45) is 0.715. The molecule has 1 amide bonds. The Balaban J connectivity index is 1.46. The molecule has 6 nitrogen and oxygen atoms in total. The van der Waals surface area contributed by atoms with Crippen molar-refractivity contribution < 1.29 is 19.0 Å². The fourth-order valence-corrected chi connectivity index (χ4v) is 3.01. The zero-order valence-electron chi connectivity index (χ0n) is 15.6. The highest BCUT2D eigenvalue weighted by Crippen LogP contribution is 2.28. The Hall–Kier alpha value is -3.06. The molecular formula is C21H22N2O4S. The van der Waals surface area contributed by atoms with E-state index in [4.69, 9.17) is 14.2 Å². The molecule has 2 aromatic carbocycles. The average Bonchev–Trinajstić information content (AvgIpc) is 3.26. The highest BCUT2D eigenvalue weighted by Gasteiger charge is 2.11. The first-order chi connectivity index (χ1) is 13.8. The summed E-state index contributed by atoms with van der Waals surface area (Å²) in [6.45, 7) is 1.42. The lowest BCUT2D eigenvalue weighted by Gasteiger charge is -2.12. The van der Waals surface area contributed by atoms with E-state index in [1.807, 2.05) is 35.7 Å². The summed E-state index contributed by atoms with van der Waals surface area (Å²) in [5.74, 6) is 1.74. The van der Waals surface area contributed by atoms with Gasteiger partial charge in [0.1, 0.15) is 12.4 Å². The first-order valence-corrected chi connectivity index (χ1v) is 9.84. The smallest absolute Gasteiger partial charge is 0.251 e. The first-order valence-electron chi connectivity index (χ1n) is 8.90. The maximum absolute atomic E-state index is 12.3. The molecule has 1 aromatic heterocycles. The van der Waals surface area contributed by atoms with Crippen LogP contribution in [0.1, 0.15) is 22.5 Å². The van der Waals surface area contributed by atoms with E-state index in [2.05, 4.69) is 10.3 Å². The molecule has 0 aliphatic carbocycles. The number of nitrogens with zero attached hydrogens (tertiary/aromatic N) is 1. The molecule has 3 rings (SSSR count). The number of rotatable bonds is 10. The van der Waals surface area contributed by atoms with Crippen LogP contribution in [0.5, 0.6) is 17.2 Å². The normalized spacial score (nSPS) is 10.3. The maximum atomic E-state index is 12.3. The van der Waals surface area contributed by atoms with Crippen molar-refractivity contribution in [3.05, 3.63) is 70.7 Å². The Kier molecular flexibility index (Phi) is 7.26. The second-order valence-corrected chi connectivity index (χ2v) is 6.62. The van der Waals surface area contributed by atoms with Gasteiger partial charge in [-0.2, -0.15) is 0 Å². The molecule has 3 aromatic rings. The maximum Gasteiger partial charge on any atom is 0.251 e. The van der Waals surface area contributed by atoms with E-state index in [0.717, 1.165) is 11.4 Å². The molecule has 0 bridgehead atoms. The van der Waals surface area contributed by atoms with Gasteiger partial charge in [0, 0.05) is 17.5 Å². The number of hydrogen-bond acceptors (Lipinski definition) is 6. The lowest BCUT2D eigenvalue weighted by molar-refractivity contribution is 0.0951. The van der Waals surface area contributed by atoms with E-state index in [-0.39, 0.29) is 5.91 Å². The van der Waals surface area contributed by atoms with E-state index in [0.29, 0.717) is 43.2 Å². The molecule has 1 N–H and O–H groups in total. The molecule has 0 spiro atoms. The number of thiazole rings is 1. The van der Waals surface area contributed by atoms with Crippen molar-refractivity contribution in [2.45, 2.75) is 13.0 Å². The summed E-state index contributed by atoms with van der Waals surface area (Å²) in [6, 6.07) is 14.7. The molecule has 1 heterocycles. The highest BCUT2D eigenvalue weighted by molar-refractivity contribution is 7.07. The topological polar surface area (TPSA) is 69.7 Å². The van der Waals surface area contributed by atoms with Gasteiger partial charge in [0.25, 0.3) is 5.91 Å². The summed E-state index contributed by atoms with van der Waals surface area (Å²) in [4.78, 5) is 16.5. The summed E-state index contributed by atoms with van der Waals surface area (Å²) in [7, 11) is 1.55. The van der Waals surface area contributed by atoms with Crippen LogP contribution in [0.15, 0.2) is 59.4 Å². The number of carbonyl (C=O) groups excluding carboxylic acids is 1. The van der Waals surface area contributed by atoms with Crippen molar-refractivity contribution in [3.63, 3.8) is 0 Å². The summed E-state index contributed by atoms with van der Waals surface area (Å²) >= 11 is 1.52. The Morgan fingerprint density at radius 3 is 2.71 bits per heavy atom. The van der Waals surface area contributed by atoms with Crippen LogP contribution >= 0.6 is 11.3 Å². The quantitative estimate of drug-likeness (QED) is 0.524. The minimum atomic E-state index is -0.163. The van der Waals surface area contributed by atoms with Crippen LogP contribution in [0, 0.1) is 0 Å². The molecule has 0 radical (unpaired) electrons. The first kappa shape index (κ1) is 19.7. The minimum absolute atomic E-state index is 0.163. The van der Waals surface area contributed by atoms with Crippen molar-refractivity contribution in [1.82, 2.24) is 10.3 Å². The van der Waals surface area contributed by atoms with Crippen LogP contribution in [0.25, 0.3) is 0 Å². The lowest BCUT2D eigenvalue weighted by atomic mass is 10.2. The predicted molar refractivity (Wildman–Crippen MR) is 108 cm³/mol. The van der Waals surface area contributed by atoms with Gasteiger partial charge in [-0.25, -0.2) is 4.98 Å². The van der Waals surface area contributed by atoms with Crippen LogP contribution in [0.3, 0.4) is 0 Å². The van der Waals surface area contributed by atoms with Gasteiger partial charge in [0.2, 0.25) is 0 Å². The van der Waals surface area contributed by atoms with Gasteiger partial charge in [-0.1, -0.05) is 18.2 Å². The molecule has 0 unspecified atom stereocenters. The zero-order chi connectivity index (χ0) is 19.6. The van der Waals surface area contributed by atoms with Crippen molar-refractivity contribution in [1.29, 1.82) is 0 Å². The fourth-order valence-electron chi connectivity index (χ4n) is 2.47. The van der Waals surface area contributed by atoms with Crippen molar-refractivity contribution >= 4 is 17.2 Å². The summed E-state index contributed by atoms with van der Waals surface area (Å²) in [5, 5.41) is 4.81. The second-order valence-electron chi connectivity index (χ2n) is 5.91. The van der Waals surface area contributed by atoms with Crippen molar-refractivity contribution in [2.24, 2.45) is 0 Å². The second kappa shape index (κ2) is 10.3. The zero-order valence-corrected chi connectivity index (χ0v) is 16.4. The van der Waals surface area contributed by atoms with E-state index in [9.17, 15) is 4.79 Å². The standard InChI is InChI=1S/C21H22N2O4S/c1-25-20-12-16(8-9-19(20)27-13-17-14-28-15-23-17)21(24)22-10-5-11-26-18-6-3-2-4-7-18/h2-4,6-9,12,14-15H,5,10-11,13H2,1H3,(H,22,24). The van der Waals surface area contributed by atoms with Crippen LogP contribution in [-0.4, -0.2) is 31.2 Å². The van der Waals surface area contributed by atoms with Crippen LogP contribution in [-0.2, 0) is 6.61 Å². The van der Waals surface area contributed by atoms with Crippen LogP contribution in [0.4, 0.5) is 0 Å². The van der Waals surface area contributed by atoms with Gasteiger partial charge in [-0.3, -0.25) is 4.79 Å². The van der Waals surface area contributed by atoms with Crippen molar-refractivity contribution in [2.75, 3.05) is 20.3 Å². The summed E-state index contributed by atoms with van der Waals surface area (Å²) in [5.41, 5.74) is 3.13. The molecule has 0 aliphatic rings. The average molecular weight is 398 g/mol. The molecule has 0 saturated carbocycles. The van der Waals surface area contributed by atoms with Gasteiger partial charge in [-0.15, -0.1) is 11.3 Å². The Morgan fingerprint density at radius 1 is 1.11 bits per heavy atom. The number of ether oxygens (including phenoxy) is 3. The molecule has 146 valence electrons. The van der Waals surface area contributed by atoms with Gasteiger partial charge in [0.15, 0.2) is 11.5 Å². The molecule has 0 saturated heterocycles. The third-order valence-electron chi connectivity index (χ3n) is 3.90. The number of hydrogen-bond donors (Lipinski definition) is 1. The predicted octanol–water partition coefficient (Wildman–Crippen LogP) is 3.93. The van der Waals surface area contributed by atoms with E-state index in [1.165, 1.54) is 11.3 Å². The number of carbonyl (C=O) groups is 1. The highest BCUT2D eigenvalue weighted by atomic mass is 32.1. The van der Waals surface area contributed by atoms with Gasteiger partial charge >= 0.3 is 0 Å². The van der Waals surface area contributed by atoms with E-state index in [1.54, 1.807) is 30.8 Å². The van der Waals surface area contributed by atoms with Gasteiger partial charge < -0.3 is 19.5 Å². The van der Waals surface area contributed by atoms with Crippen molar-refractivity contribution in [3.8, 4) is 17.2 Å². The lowest BCUT2D eigenvalue weighted by Crippen LogP contribution is -2.25. The number of aromatic nitrogens is 1. The van der Waals surface area contributed by atoms with Crippen LogP contribution in [0.2, 0.25) is 0 Å². The monoisotopic (exact) mass is 398 g/mol. The minimum Gasteiger partial charge on any atom is -0.494 e. The van der Waals surface area contributed by atoms with Gasteiger partial charge in [0.05, 0.1) is 24.9 Å². The molecule has 28 heavy (non-hydrogen) atoms. The molecular weight excluding hydrogens is 376 g/mol. The SMILES string of the molecule is COc1cc(C(=O)NCCCOc2ccccc2)ccc1OCc1cscn1. The Bertz CT molecular complexity index is 869. The van der Waals surface area contributed by atoms with Gasteiger partial charge in [-0.05, 0) is 36.8 Å². The largest absolute Gasteiger partial charge is 0.494 e. The molecule has 0 fully saturated rings. The number of benzene rings is 2. The third-order valence-corrected chi connectivity index (χ3v) is 4.54. The fraction of sp³-hybridized carbons (Fsp3) is 0.238. The number of nitrogens with one attached hydrogen (secondary N) is 1. The summed E-state index contributed by atoms with van der Waals surface area (Å²) < 4.78 is 16.7. The molecule has 0 atom stereocenters. The third kappa shape index (κ3) is 5.72. The van der Waals surface area contributed by atoms with E-state index >= 15 is 0 Å². The number of methoxy groups -OCH3 is 1. The van der Waals surface area contributed by atoms with E-state index < -0.39 is 0 Å². The number of amides is 1. The van der Waals surface area contributed by atoms with Crippen LogP contribution < -0.4 is 19.5 Å². The Morgan fingerprint density at radius 2 is 1.96 bits per heavy atom. The Labute approximate surface area is 168 Å². The number of para-hydroxylation sites is 1. The molecule has 7 heteroatoms. The molecule has 0 aliphatic heterocycles.